The molecule has 1 aromatic heterocycles. The average Bonchev–Trinajstić information content (AvgIpc) is 2.76. The molecule has 1 fully saturated rings. The highest BCUT2D eigenvalue weighted by atomic mass is 79.9. The molecule has 0 saturated carbocycles. The first-order valence-corrected chi connectivity index (χ1v) is 10.5. The highest BCUT2D eigenvalue weighted by Gasteiger charge is 2.33. The first-order valence-electron chi connectivity index (χ1n) is 6.64. The Morgan fingerprint density at radius 1 is 1.40 bits per heavy atom. The van der Waals surface area contributed by atoms with Gasteiger partial charge in [-0.05, 0) is 70.3 Å². The third-order valence-corrected chi connectivity index (χ3v) is 8.08. The molecule has 0 aliphatic carbocycles. The summed E-state index contributed by atoms with van der Waals surface area (Å²) < 4.78 is 29.0. The maximum absolute atomic E-state index is 12.9. The van der Waals surface area contributed by atoms with E-state index in [4.69, 9.17) is 0 Å². The maximum Gasteiger partial charge on any atom is 0.245 e. The van der Waals surface area contributed by atoms with Gasteiger partial charge in [0.15, 0.2) is 0 Å². The van der Waals surface area contributed by atoms with Crippen molar-refractivity contribution in [3.63, 3.8) is 0 Å². The number of nitrogens with zero attached hydrogens (tertiary/aromatic N) is 1. The van der Waals surface area contributed by atoms with Gasteiger partial charge in [-0.2, -0.15) is 4.31 Å². The SMILES string of the molecule is CCCN(C1CCNCC1)S(=O)(=O)c1cc(Br)sc1Br. The van der Waals surface area contributed by atoms with Crippen molar-refractivity contribution in [2.45, 2.75) is 37.1 Å². The summed E-state index contributed by atoms with van der Waals surface area (Å²) in [7, 11) is -3.43. The quantitative estimate of drug-likeness (QED) is 0.755. The fraction of sp³-hybridized carbons (Fsp3) is 0.667. The Morgan fingerprint density at radius 2 is 2.05 bits per heavy atom. The van der Waals surface area contributed by atoms with Crippen molar-refractivity contribution in [2.24, 2.45) is 0 Å². The van der Waals surface area contributed by atoms with Crippen LogP contribution in [0.4, 0.5) is 0 Å². The van der Waals surface area contributed by atoms with Gasteiger partial charge in [0.05, 0.1) is 7.57 Å². The molecule has 0 unspecified atom stereocenters. The topological polar surface area (TPSA) is 49.4 Å². The molecule has 8 heteroatoms. The van der Waals surface area contributed by atoms with Gasteiger partial charge in [0.2, 0.25) is 10.0 Å². The minimum Gasteiger partial charge on any atom is -0.317 e. The minimum atomic E-state index is -3.43. The van der Waals surface area contributed by atoms with E-state index >= 15 is 0 Å². The van der Waals surface area contributed by atoms with E-state index in [1.54, 1.807) is 10.4 Å². The second kappa shape index (κ2) is 7.19. The molecule has 20 heavy (non-hydrogen) atoms. The van der Waals surface area contributed by atoms with Crippen LogP contribution in [0.5, 0.6) is 0 Å². The van der Waals surface area contributed by atoms with E-state index < -0.39 is 10.0 Å². The summed E-state index contributed by atoms with van der Waals surface area (Å²) in [6.07, 6.45) is 2.58. The summed E-state index contributed by atoms with van der Waals surface area (Å²) in [6.45, 7) is 4.36. The molecule has 0 aromatic carbocycles. The number of piperidine rings is 1. The zero-order chi connectivity index (χ0) is 14.8. The van der Waals surface area contributed by atoms with Crippen LogP contribution in [0.3, 0.4) is 0 Å². The number of hydrogen-bond donors (Lipinski definition) is 1. The number of rotatable bonds is 5. The lowest BCUT2D eigenvalue weighted by atomic mass is 10.1. The van der Waals surface area contributed by atoms with Gasteiger partial charge in [0, 0.05) is 12.6 Å². The minimum absolute atomic E-state index is 0.103. The van der Waals surface area contributed by atoms with Crippen LogP contribution in [0.15, 0.2) is 18.5 Å². The summed E-state index contributed by atoms with van der Waals surface area (Å²) in [6, 6.07) is 1.79. The molecule has 1 aliphatic heterocycles. The molecule has 1 aliphatic rings. The van der Waals surface area contributed by atoms with Gasteiger partial charge in [-0.25, -0.2) is 8.42 Å². The number of nitrogens with one attached hydrogen (secondary N) is 1. The lowest BCUT2D eigenvalue weighted by Gasteiger charge is -2.33. The van der Waals surface area contributed by atoms with E-state index in [2.05, 4.69) is 37.2 Å². The smallest absolute Gasteiger partial charge is 0.245 e. The van der Waals surface area contributed by atoms with Crippen LogP contribution in [-0.2, 0) is 10.0 Å². The van der Waals surface area contributed by atoms with Crippen molar-refractivity contribution in [2.75, 3.05) is 19.6 Å². The molecule has 0 spiro atoms. The fourth-order valence-electron chi connectivity index (χ4n) is 2.44. The maximum atomic E-state index is 12.9. The summed E-state index contributed by atoms with van der Waals surface area (Å²) in [5.74, 6) is 0. The van der Waals surface area contributed by atoms with Gasteiger partial charge in [-0.3, -0.25) is 0 Å². The Labute approximate surface area is 141 Å². The lowest BCUT2D eigenvalue weighted by Crippen LogP contribution is -2.46. The third kappa shape index (κ3) is 3.64. The normalized spacial score (nSPS) is 17.8. The first kappa shape index (κ1) is 16.9. The van der Waals surface area contributed by atoms with Crippen molar-refractivity contribution < 1.29 is 8.42 Å². The van der Waals surface area contributed by atoms with Crippen LogP contribution >= 0.6 is 43.2 Å². The Kier molecular flexibility index (Phi) is 6.08. The Bertz CT molecular complexity index is 554. The molecule has 2 heterocycles. The monoisotopic (exact) mass is 444 g/mol. The molecule has 1 saturated heterocycles. The summed E-state index contributed by atoms with van der Waals surface area (Å²) in [5, 5.41) is 3.28. The molecule has 1 N–H and O–H groups in total. The van der Waals surface area contributed by atoms with Crippen LogP contribution in [0, 0.1) is 0 Å². The fourth-order valence-corrected chi connectivity index (χ4v) is 7.98. The van der Waals surface area contributed by atoms with Crippen molar-refractivity contribution in [3.05, 3.63) is 13.6 Å². The molecule has 0 atom stereocenters. The highest BCUT2D eigenvalue weighted by molar-refractivity contribution is 9.12. The molecular formula is C12H18Br2N2O2S2. The summed E-state index contributed by atoms with van der Waals surface area (Å²) in [4.78, 5) is 0.376. The number of thiophene rings is 1. The van der Waals surface area contributed by atoms with E-state index in [9.17, 15) is 8.42 Å². The lowest BCUT2D eigenvalue weighted by molar-refractivity contribution is 0.262. The molecule has 1 aromatic rings. The number of halogens is 2. The van der Waals surface area contributed by atoms with Gasteiger partial charge in [-0.1, -0.05) is 6.92 Å². The van der Waals surface area contributed by atoms with Crippen molar-refractivity contribution in [1.82, 2.24) is 9.62 Å². The van der Waals surface area contributed by atoms with Gasteiger partial charge < -0.3 is 5.32 Å². The first-order chi connectivity index (χ1) is 9.46. The second-order valence-electron chi connectivity index (χ2n) is 4.79. The standard InChI is InChI=1S/C12H18Br2N2O2S2/c1-2-7-16(9-3-5-15-6-4-9)20(17,18)10-8-11(13)19-12(10)14/h8-9,15H,2-7H2,1H3. The molecule has 0 radical (unpaired) electrons. The predicted octanol–water partition coefficient (Wildman–Crippen LogP) is 3.43. The van der Waals surface area contributed by atoms with Crippen LogP contribution in [0.1, 0.15) is 26.2 Å². The van der Waals surface area contributed by atoms with Crippen LogP contribution in [0.25, 0.3) is 0 Å². The molecule has 2 rings (SSSR count). The van der Waals surface area contributed by atoms with Gasteiger partial charge >= 0.3 is 0 Å². The summed E-state index contributed by atoms with van der Waals surface area (Å²) >= 11 is 8.12. The zero-order valence-corrected chi connectivity index (χ0v) is 16.0. The largest absolute Gasteiger partial charge is 0.317 e. The van der Waals surface area contributed by atoms with Crippen LogP contribution in [-0.4, -0.2) is 38.4 Å². The van der Waals surface area contributed by atoms with E-state index in [0.717, 1.165) is 36.1 Å². The van der Waals surface area contributed by atoms with Crippen LogP contribution < -0.4 is 5.32 Å². The average molecular weight is 446 g/mol. The number of sulfonamides is 1. The third-order valence-electron chi connectivity index (χ3n) is 3.37. The van der Waals surface area contributed by atoms with Crippen LogP contribution in [0.2, 0.25) is 0 Å². The van der Waals surface area contributed by atoms with Crippen molar-refractivity contribution in [1.29, 1.82) is 0 Å². The molecule has 114 valence electrons. The summed E-state index contributed by atoms with van der Waals surface area (Å²) in [5.41, 5.74) is 0. The molecule has 4 nitrogen and oxygen atoms in total. The van der Waals surface area contributed by atoms with E-state index in [1.807, 2.05) is 6.92 Å². The van der Waals surface area contributed by atoms with E-state index in [1.165, 1.54) is 11.3 Å². The highest BCUT2D eigenvalue weighted by Crippen LogP contribution is 2.37. The van der Waals surface area contributed by atoms with Gasteiger partial charge in [0.25, 0.3) is 0 Å². The Balaban J connectivity index is 2.33. The van der Waals surface area contributed by atoms with E-state index in [-0.39, 0.29) is 6.04 Å². The zero-order valence-electron chi connectivity index (χ0n) is 11.2. The Hall–Kier alpha value is 0.530. The molecule has 0 bridgehead atoms. The predicted molar refractivity (Wildman–Crippen MR) is 89.8 cm³/mol. The van der Waals surface area contributed by atoms with Gasteiger partial charge in [-0.15, -0.1) is 11.3 Å². The Morgan fingerprint density at radius 3 is 2.55 bits per heavy atom. The number of hydrogen-bond acceptors (Lipinski definition) is 4. The molecular weight excluding hydrogens is 428 g/mol. The molecule has 0 amide bonds. The van der Waals surface area contributed by atoms with Crippen molar-refractivity contribution >= 4 is 53.2 Å². The second-order valence-corrected chi connectivity index (χ2v) is 10.4. The van der Waals surface area contributed by atoms with Crippen molar-refractivity contribution in [3.8, 4) is 0 Å². The van der Waals surface area contributed by atoms with Gasteiger partial charge in [0.1, 0.15) is 4.90 Å². The van der Waals surface area contributed by atoms with E-state index in [0.29, 0.717) is 15.2 Å².